The number of hydrogen-bond donors (Lipinski definition) is 0. The molecule has 0 radical (unpaired) electrons. The third-order valence-corrected chi connectivity index (χ3v) is 2.62. The fourth-order valence-electron chi connectivity index (χ4n) is 1.19. The van der Waals surface area contributed by atoms with E-state index in [1.165, 1.54) is 17.4 Å². The van der Waals surface area contributed by atoms with Crippen LogP contribution in [0.25, 0.3) is 0 Å². The molecule has 2 aromatic rings. The van der Waals surface area contributed by atoms with Gasteiger partial charge in [0.05, 0.1) is 16.1 Å². The van der Waals surface area contributed by atoms with Crippen LogP contribution < -0.4 is 4.74 Å². The van der Waals surface area contributed by atoms with Crippen molar-refractivity contribution in [1.82, 2.24) is 4.98 Å². The molecule has 0 bridgehead atoms. The largest absolute Gasteiger partial charge is 0.487 e. The third kappa shape index (κ3) is 2.76. The average Bonchev–Trinajstić information content (AvgIpc) is 2.78. The first-order valence-electron chi connectivity index (χ1n) is 4.60. The molecule has 0 saturated carbocycles. The molecule has 0 aliphatic carbocycles. The molecular weight excluding hydrogens is 247 g/mol. The van der Waals surface area contributed by atoms with Gasteiger partial charge in [-0.05, 0) is 6.07 Å². The van der Waals surface area contributed by atoms with Crippen LogP contribution in [-0.4, -0.2) is 9.91 Å². The highest BCUT2D eigenvalue weighted by molar-refractivity contribution is 7.07. The Bertz CT molecular complexity index is 530. The number of benzene rings is 1. The van der Waals surface area contributed by atoms with Crippen molar-refractivity contribution in [2.24, 2.45) is 0 Å². The van der Waals surface area contributed by atoms with Crippen LogP contribution in [0.3, 0.4) is 0 Å². The van der Waals surface area contributed by atoms with Crippen molar-refractivity contribution in [2.45, 2.75) is 6.61 Å². The van der Waals surface area contributed by atoms with Crippen molar-refractivity contribution in [3.05, 3.63) is 50.7 Å². The fraction of sp³-hybridized carbons (Fsp3) is 0.100. The molecule has 0 N–H and O–H groups in total. The molecule has 0 fully saturated rings. The molecule has 5 nitrogen and oxygen atoms in total. The van der Waals surface area contributed by atoms with Crippen LogP contribution in [0.4, 0.5) is 10.1 Å². The molecule has 0 amide bonds. The van der Waals surface area contributed by atoms with Gasteiger partial charge in [0, 0.05) is 17.5 Å². The maximum atomic E-state index is 13.2. The van der Waals surface area contributed by atoms with Crippen LogP contribution in [0, 0.1) is 15.9 Å². The normalized spacial score (nSPS) is 10.2. The predicted molar refractivity (Wildman–Crippen MR) is 59.5 cm³/mol. The first kappa shape index (κ1) is 11.5. The Morgan fingerprint density at radius 1 is 1.53 bits per heavy atom. The van der Waals surface area contributed by atoms with E-state index in [0.717, 1.165) is 17.8 Å². The Morgan fingerprint density at radius 2 is 2.35 bits per heavy atom. The monoisotopic (exact) mass is 254 g/mol. The molecule has 2 rings (SSSR count). The summed E-state index contributed by atoms with van der Waals surface area (Å²) >= 11 is 1.43. The summed E-state index contributed by atoms with van der Waals surface area (Å²) < 4.78 is 18.5. The minimum absolute atomic E-state index is 0.209. The summed E-state index contributed by atoms with van der Waals surface area (Å²) in [6, 6.07) is 3.42. The Morgan fingerprint density at radius 3 is 2.94 bits per heavy atom. The van der Waals surface area contributed by atoms with E-state index < -0.39 is 16.4 Å². The number of thiazole rings is 1. The zero-order chi connectivity index (χ0) is 12.3. The molecule has 88 valence electrons. The SMILES string of the molecule is O=[N+]([O-])c1ccc(OCc2cscn2)cc1F. The minimum Gasteiger partial charge on any atom is -0.487 e. The van der Waals surface area contributed by atoms with Crippen molar-refractivity contribution >= 4 is 17.0 Å². The first-order chi connectivity index (χ1) is 8.16. The summed E-state index contributed by atoms with van der Waals surface area (Å²) in [6.45, 7) is 0.209. The Kier molecular flexibility index (Phi) is 3.29. The van der Waals surface area contributed by atoms with Crippen molar-refractivity contribution in [1.29, 1.82) is 0 Å². The Balaban J connectivity index is 2.07. The van der Waals surface area contributed by atoms with E-state index in [1.807, 2.05) is 5.38 Å². The number of nitro benzene ring substituents is 1. The zero-order valence-corrected chi connectivity index (χ0v) is 9.32. The van der Waals surface area contributed by atoms with E-state index in [1.54, 1.807) is 5.51 Å². The lowest BCUT2D eigenvalue weighted by atomic mass is 10.3. The lowest BCUT2D eigenvalue weighted by molar-refractivity contribution is -0.387. The standard InChI is InChI=1S/C10H7FN2O3S/c11-9-3-8(1-2-10(9)13(14)15)16-4-7-5-17-6-12-7/h1-3,5-6H,4H2. The Labute approximate surface area is 99.6 Å². The van der Waals surface area contributed by atoms with E-state index in [-0.39, 0.29) is 12.4 Å². The van der Waals surface area contributed by atoms with Crippen LogP contribution in [-0.2, 0) is 6.61 Å². The second-order valence-corrected chi connectivity index (χ2v) is 3.86. The van der Waals surface area contributed by atoms with Gasteiger partial charge >= 0.3 is 5.69 Å². The van der Waals surface area contributed by atoms with Crippen molar-refractivity contribution in [3.8, 4) is 5.75 Å². The molecular formula is C10H7FN2O3S. The Hall–Kier alpha value is -2.02. The molecule has 1 aromatic heterocycles. The quantitative estimate of drug-likeness (QED) is 0.621. The zero-order valence-electron chi connectivity index (χ0n) is 8.50. The van der Waals surface area contributed by atoms with Crippen LogP contribution in [0.15, 0.2) is 29.1 Å². The van der Waals surface area contributed by atoms with E-state index in [0.29, 0.717) is 0 Å². The van der Waals surface area contributed by atoms with Gasteiger partial charge in [0.25, 0.3) is 0 Å². The molecule has 0 aliphatic heterocycles. The number of hydrogen-bond acceptors (Lipinski definition) is 5. The summed E-state index contributed by atoms with van der Waals surface area (Å²) in [4.78, 5) is 13.6. The van der Waals surface area contributed by atoms with Crippen LogP contribution >= 0.6 is 11.3 Å². The van der Waals surface area contributed by atoms with Crippen LogP contribution in [0.1, 0.15) is 5.69 Å². The van der Waals surface area contributed by atoms with Crippen LogP contribution in [0.5, 0.6) is 5.75 Å². The number of nitro groups is 1. The average molecular weight is 254 g/mol. The highest BCUT2D eigenvalue weighted by atomic mass is 32.1. The number of aromatic nitrogens is 1. The number of rotatable bonds is 4. The molecule has 1 aromatic carbocycles. The smallest absolute Gasteiger partial charge is 0.305 e. The lowest BCUT2D eigenvalue weighted by Gasteiger charge is -2.04. The van der Waals surface area contributed by atoms with E-state index in [4.69, 9.17) is 4.74 Å². The van der Waals surface area contributed by atoms with Gasteiger partial charge in [-0.3, -0.25) is 10.1 Å². The fourth-order valence-corrected chi connectivity index (χ4v) is 1.73. The second kappa shape index (κ2) is 4.88. The molecule has 0 aliphatic rings. The van der Waals surface area contributed by atoms with Crippen LogP contribution in [0.2, 0.25) is 0 Å². The first-order valence-corrected chi connectivity index (χ1v) is 5.55. The van der Waals surface area contributed by atoms with Gasteiger partial charge in [0.15, 0.2) is 0 Å². The number of nitrogens with zero attached hydrogens (tertiary/aromatic N) is 2. The highest BCUT2D eigenvalue weighted by Crippen LogP contribution is 2.22. The predicted octanol–water partition coefficient (Wildman–Crippen LogP) is 2.77. The molecule has 7 heteroatoms. The lowest BCUT2D eigenvalue weighted by Crippen LogP contribution is -1.97. The van der Waals surface area contributed by atoms with E-state index >= 15 is 0 Å². The van der Waals surface area contributed by atoms with Gasteiger partial charge in [0.1, 0.15) is 12.4 Å². The van der Waals surface area contributed by atoms with Crippen molar-refractivity contribution in [2.75, 3.05) is 0 Å². The maximum absolute atomic E-state index is 13.2. The second-order valence-electron chi connectivity index (χ2n) is 3.14. The van der Waals surface area contributed by atoms with Crippen molar-refractivity contribution in [3.63, 3.8) is 0 Å². The van der Waals surface area contributed by atoms with Gasteiger partial charge in [-0.2, -0.15) is 4.39 Å². The molecule has 17 heavy (non-hydrogen) atoms. The number of ether oxygens (including phenoxy) is 1. The molecule has 0 spiro atoms. The highest BCUT2D eigenvalue weighted by Gasteiger charge is 2.14. The van der Waals surface area contributed by atoms with Gasteiger partial charge in [0.2, 0.25) is 5.82 Å². The van der Waals surface area contributed by atoms with Gasteiger partial charge in [-0.15, -0.1) is 11.3 Å². The van der Waals surface area contributed by atoms with E-state index in [9.17, 15) is 14.5 Å². The third-order valence-electron chi connectivity index (χ3n) is 1.99. The summed E-state index contributed by atoms with van der Waals surface area (Å²) in [5.41, 5.74) is 1.83. The maximum Gasteiger partial charge on any atom is 0.305 e. The summed E-state index contributed by atoms with van der Waals surface area (Å²) in [6.07, 6.45) is 0. The number of halogens is 1. The van der Waals surface area contributed by atoms with E-state index in [2.05, 4.69) is 4.98 Å². The topological polar surface area (TPSA) is 65.3 Å². The summed E-state index contributed by atoms with van der Waals surface area (Å²) in [5.74, 6) is -0.674. The van der Waals surface area contributed by atoms with Crippen molar-refractivity contribution < 1.29 is 14.1 Å². The molecule has 1 heterocycles. The van der Waals surface area contributed by atoms with Gasteiger partial charge in [-0.25, -0.2) is 4.98 Å². The molecule has 0 saturated heterocycles. The molecule has 0 unspecified atom stereocenters. The summed E-state index contributed by atoms with van der Waals surface area (Å²) in [5, 5.41) is 12.2. The molecule has 0 atom stereocenters. The van der Waals surface area contributed by atoms with Gasteiger partial charge in [-0.1, -0.05) is 0 Å². The van der Waals surface area contributed by atoms with Gasteiger partial charge < -0.3 is 4.74 Å². The minimum atomic E-state index is -0.911. The summed E-state index contributed by atoms with van der Waals surface area (Å²) in [7, 11) is 0.